The van der Waals surface area contributed by atoms with Gasteiger partial charge in [-0.15, -0.1) is 0 Å². The number of guanidine groups is 1. The number of nitrogens with zero attached hydrogens (tertiary/aromatic N) is 2. The number of anilines is 1. The van der Waals surface area contributed by atoms with Crippen molar-refractivity contribution in [3.8, 4) is 0 Å². The van der Waals surface area contributed by atoms with Crippen molar-refractivity contribution in [3.63, 3.8) is 0 Å². The van der Waals surface area contributed by atoms with E-state index in [1.165, 1.54) is 0 Å². The van der Waals surface area contributed by atoms with E-state index < -0.39 is 0 Å². The van der Waals surface area contributed by atoms with Gasteiger partial charge in [0.25, 0.3) is 0 Å². The van der Waals surface area contributed by atoms with Gasteiger partial charge in [0.1, 0.15) is 0 Å². The molecule has 0 bridgehead atoms. The highest BCUT2D eigenvalue weighted by molar-refractivity contribution is 5.89. The molecule has 1 fully saturated rings. The van der Waals surface area contributed by atoms with Gasteiger partial charge in [0, 0.05) is 31.4 Å². The predicted molar refractivity (Wildman–Crippen MR) is 109 cm³/mol. The van der Waals surface area contributed by atoms with Gasteiger partial charge in [-0.3, -0.25) is 0 Å². The first kappa shape index (κ1) is 20.1. The summed E-state index contributed by atoms with van der Waals surface area (Å²) in [4.78, 5) is 18.8. The average Bonchev–Trinajstić information content (AvgIpc) is 3.15. The van der Waals surface area contributed by atoms with Crippen LogP contribution in [0.3, 0.4) is 0 Å². The molecular weight excluding hydrogens is 326 g/mol. The Morgan fingerprint density at radius 2 is 1.96 bits per heavy atom. The van der Waals surface area contributed by atoms with Gasteiger partial charge in [0.05, 0.1) is 6.54 Å². The molecule has 1 aliphatic rings. The minimum absolute atomic E-state index is 0.0103. The quantitative estimate of drug-likeness (QED) is 0.538. The summed E-state index contributed by atoms with van der Waals surface area (Å²) in [6.07, 6.45) is 2.19. The van der Waals surface area contributed by atoms with Crippen LogP contribution in [0, 0.1) is 5.92 Å². The first-order valence-electron chi connectivity index (χ1n) is 9.69. The molecule has 0 radical (unpaired) electrons. The molecule has 1 atom stereocenters. The second-order valence-corrected chi connectivity index (χ2v) is 7.20. The van der Waals surface area contributed by atoms with Gasteiger partial charge in [0.2, 0.25) is 0 Å². The summed E-state index contributed by atoms with van der Waals surface area (Å²) in [6, 6.07) is 8.24. The number of hydrogen-bond donors (Lipinski definition) is 3. The molecule has 26 heavy (non-hydrogen) atoms. The van der Waals surface area contributed by atoms with Crippen LogP contribution in [0.5, 0.6) is 0 Å². The maximum Gasteiger partial charge on any atom is 0.321 e. The van der Waals surface area contributed by atoms with E-state index in [9.17, 15) is 4.79 Å². The minimum atomic E-state index is -0.0103. The van der Waals surface area contributed by atoms with Crippen molar-refractivity contribution in [2.24, 2.45) is 10.9 Å². The van der Waals surface area contributed by atoms with Crippen LogP contribution in [0.15, 0.2) is 29.3 Å². The molecule has 2 amide bonds. The molecule has 0 saturated carbocycles. The molecule has 144 valence electrons. The lowest BCUT2D eigenvalue weighted by atomic mass is 10.1. The number of hydrogen-bond acceptors (Lipinski definition) is 2. The monoisotopic (exact) mass is 359 g/mol. The van der Waals surface area contributed by atoms with Crippen LogP contribution in [0.1, 0.15) is 46.1 Å². The van der Waals surface area contributed by atoms with Crippen LogP contribution in [0.4, 0.5) is 10.5 Å². The average molecular weight is 360 g/mol. The molecular formula is C20H33N5O. The number of aliphatic imine (C=N–C) groups is 1. The molecule has 1 saturated heterocycles. The van der Waals surface area contributed by atoms with Crippen molar-refractivity contribution < 1.29 is 4.79 Å². The predicted octanol–water partition coefficient (Wildman–Crippen LogP) is 3.41. The minimum Gasteiger partial charge on any atom is -0.357 e. The van der Waals surface area contributed by atoms with E-state index >= 15 is 0 Å². The highest BCUT2D eigenvalue weighted by Gasteiger charge is 2.17. The Kier molecular flexibility index (Phi) is 7.75. The lowest BCUT2D eigenvalue weighted by molar-refractivity contribution is 0.222. The Morgan fingerprint density at radius 3 is 2.62 bits per heavy atom. The van der Waals surface area contributed by atoms with Crippen LogP contribution in [0.2, 0.25) is 0 Å². The zero-order valence-corrected chi connectivity index (χ0v) is 16.5. The zero-order valence-electron chi connectivity index (χ0n) is 16.5. The molecule has 1 aromatic carbocycles. The molecule has 3 N–H and O–H groups in total. The van der Waals surface area contributed by atoms with Crippen LogP contribution in [0.25, 0.3) is 0 Å². The van der Waals surface area contributed by atoms with Crippen LogP contribution >= 0.6 is 0 Å². The van der Waals surface area contributed by atoms with Crippen LogP contribution in [-0.4, -0.2) is 42.6 Å². The summed E-state index contributed by atoms with van der Waals surface area (Å²) in [5, 5.41) is 9.71. The van der Waals surface area contributed by atoms with Gasteiger partial charge in [-0.1, -0.05) is 26.0 Å². The second-order valence-electron chi connectivity index (χ2n) is 7.20. The molecule has 1 heterocycles. The summed E-state index contributed by atoms with van der Waals surface area (Å²) >= 11 is 0. The summed E-state index contributed by atoms with van der Waals surface area (Å²) in [6.45, 7) is 11.7. The maximum atomic E-state index is 12.2. The summed E-state index contributed by atoms with van der Waals surface area (Å²) in [5.41, 5.74) is 1.89. The van der Waals surface area contributed by atoms with Crippen LogP contribution < -0.4 is 16.0 Å². The van der Waals surface area contributed by atoms with Crippen LogP contribution in [-0.2, 0) is 6.54 Å². The number of rotatable bonds is 6. The normalized spacial score (nSPS) is 15.9. The lowest BCUT2D eigenvalue weighted by Gasteiger charge is -2.20. The number of carbonyl (C=O) groups excluding carboxylic acids is 1. The third-order valence-corrected chi connectivity index (χ3v) is 4.70. The van der Waals surface area contributed by atoms with Gasteiger partial charge in [-0.05, 0) is 50.3 Å². The van der Waals surface area contributed by atoms with Gasteiger partial charge in [-0.25, -0.2) is 9.79 Å². The van der Waals surface area contributed by atoms with E-state index in [-0.39, 0.29) is 6.03 Å². The summed E-state index contributed by atoms with van der Waals surface area (Å²) in [5.74, 6) is 1.35. The topological polar surface area (TPSA) is 68.8 Å². The Labute approximate surface area is 157 Å². The SMILES string of the molecule is CCNC(=NCc1cccc(NC(=O)N2CCCC2)c1)NC(C)C(C)C. The largest absolute Gasteiger partial charge is 0.357 e. The van der Waals surface area contributed by atoms with E-state index in [0.29, 0.717) is 18.5 Å². The highest BCUT2D eigenvalue weighted by atomic mass is 16.2. The van der Waals surface area contributed by atoms with E-state index in [1.807, 2.05) is 29.2 Å². The highest BCUT2D eigenvalue weighted by Crippen LogP contribution is 2.14. The molecule has 0 aromatic heterocycles. The first-order valence-corrected chi connectivity index (χ1v) is 9.69. The Bertz CT molecular complexity index is 608. The smallest absolute Gasteiger partial charge is 0.321 e. The summed E-state index contributed by atoms with van der Waals surface area (Å²) < 4.78 is 0. The van der Waals surface area contributed by atoms with Crippen molar-refractivity contribution in [1.82, 2.24) is 15.5 Å². The van der Waals surface area contributed by atoms with Gasteiger partial charge >= 0.3 is 6.03 Å². The molecule has 6 heteroatoms. The van der Waals surface area contributed by atoms with E-state index in [0.717, 1.165) is 49.7 Å². The Morgan fingerprint density at radius 1 is 1.23 bits per heavy atom. The number of nitrogens with one attached hydrogen (secondary N) is 3. The standard InChI is InChI=1S/C20H33N5O/c1-5-21-19(23-16(4)15(2)3)22-14-17-9-8-10-18(13-17)24-20(26)25-11-6-7-12-25/h8-10,13,15-16H,5-7,11-12,14H2,1-4H3,(H,24,26)(H2,21,22,23). The second kappa shape index (κ2) is 10.0. The fourth-order valence-corrected chi connectivity index (χ4v) is 2.74. The van der Waals surface area contributed by atoms with Crippen molar-refractivity contribution in [3.05, 3.63) is 29.8 Å². The first-order chi connectivity index (χ1) is 12.5. The number of carbonyl (C=O) groups is 1. The lowest BCUT2D eigenvalue weighted by Crippen LogP contribution is -2.44. The maximum absolute atomic E-state index is 12.2. The Balaban J connectivity index is 1.97. The molecule has 6 nitrogen and oxygen atoms in total. The van der Waals surface area contributed by atoms with Gasteiger partial charge in [-0.2, -0.15) is 0 Å². The van der Waals surface area contributed by atoms with Gasteiger partial charge < -0.3 is 20.9 Å². The molecule has 0 aliphatic carbocycles. The zero-order chi connectivity index (χ0) is 18.9. The Hall–Kier alpha value is -2.24. The van der Waals surface area contributed by atoms with Crippen molar-refractivity contribution in [2.75, 3.05) is 25.0 Å². The van der Waals surface area contributed by atoms with E-state index in [1.54, 1.807) is 0 Å². The van der Waals surface area contributed by atoms with Crippen molar-refractivity contribution in [1.29, 1.82) is 0 Å². The molecule has 1 aliphatic heterocycles. The fraction of sp³-hybridized carbons (Fsp3) is 0.600. The fourth-order valence-electron chi connectivity index (χ4n) is 2.74. The summed E-state index contributed by atoms with van der Waals surface area (Å²) in [7, 11) is 0. The number of likely N-dealkylation sites (tertiary alicyclic amines) is 1. The number of amides is 2. The molecule has 1 aromatic rings. The van der Waals surface area contributed by atoms with Crippen molar-refractivity contribution >= 4 is 17.7 Å². The van der Waals surface area contributed by atoms with E-state index in [4.69, 9.17) is 0 Å². The third-order valence-electron chi connectivity index (χ3n) is 4.70. The molecule has 0 spiro atoms. The number of benzene rings is 1. The van der Waals surface area contributed by atoms with E-state index in [2.05, 4.69) is 48.6 Å². The number of urea groups is 1. The molecule has 2 rings (SSSR count). The third kappa shape index (κ3) is 6.24. The van der Waals surface area contributed by atoms with Gasteiger partial charge in [0.15, 0.2) is 5.96 Å². The molecule has 1 unspecified atom stereocenters. The van der Waals surface area contributed by atoms with Crippen molar-refractivity contribution in [2.45, 2.75) is 53.1 Å².